The smallest absolute Gasteiger partial charge is 0.170 e. The van der Waals surface area contributed by atoms with Crippen molar-refractivity contribution in [3.63, 3.8) is 0 Å². The van der Waals surface area contributed by atoms with Gasteiger partial charge >= 0.3 is 0 Å². The third-order valence-corrected chi connectivity index (χ3v) is 2.42. The fraction of sp³-hybridized carbons (Fsp3) is 0.417. The van der Waals surface area contributed by atoms with Crippen molar-refractivity contribution in [2.24, 2.45) is 0 Å². The van der Waals surface area contributed by atoms with Gasteiger partial charge in [-0.2, -0.15) is 0 Å². The molecule has 2 aromatic rings. The maximum atomic E-state index is 5.46. The Kier molecular flexibility index (Phi) is 3.10. The largest absolute Gasteiger partial charge is 0.466 e. The van der Waals surface area contributed by atoms with E-state index in [9.17, 15) is 0 Å². The summed E-state index contributed by atoms with van der Waals surface area (Å²) in [4.78, 5) is 0. The minimum atomic E-state index is 0.732. The maximum Gasteiger partial charge on any atom is 0.170 e. The molecular formula is C12H16N2O2. The number of hydrogen-bond donors (Lipinski definition) is 1. The summed E-state index contributed by atoms with van der Waals surface area (Å²) in [5, 5.41) is 7.20. The zero-order valence-corrected chi connectivity index (χ0v) is 9.83. The van der Waals surface area contributed by atoms with Crippen LogP contribution in [-0.2, 0) is 6.54 Å². The van der Waals surface area contributed by atoms with E-state index in [2.05, 4.69) is 17.4 Å². The molecule has 0 radical (unpaired) electrons. The van der Waals surface area contributed by atoms with Crippen molar-refractivity contribution in [3.05, 3.63) is 29.3 Å². The highest BCUT2D eigenvalue weighted by Crippen LogP contribution is 2.26. The number of rotatable bonds is 4. The molecule has 4 nitrogen and oxygen atoms in total. The molecule has 0 aliphatic heterocycles. The Hall–Kier alpha value is -1.55. The third kappa shape index (κ3) is 2.17. The Labute approximate surface area is 94.6 Å². The van der Waals surface area contributed by atoms with Crippen molar-refractivity contribution < 1.29 is 8.94 Å². The molecule has 0 fully saturated rings. The van der Waals surface area contributed by atoms with Gasteiger partial charge in [0.2, 0.25) is 0 Å². The summed E-state index contributed by atoms with van der Waals surface area (Å²) < 4.78 is 10.7. The van der Waals surface area contributed by atoms with Gasteiger partial charge < -0.3 is 14.3 Å². The number of nitrogens with zero attached hydrogens (tertiary/aromatic N) is 1. The lowest BCUT2D eigenvalue weighted by molar-refractivity contribution is 0.419. The van der Waals surface area contributed by atoms with Crippen LogP contribution in [0.4, 0.5) is 0 Å². The first-order chi connectivity index (χ1) is 7.70. The SMILES string of the molecule is CCNCc1cc(-c2cc(C)oc2C)on1. The fourth-order valence-electron chi connectivity index (χ4n) is 1.65. The van der Waals surface area contributed by atoms with E-state index < -0.39 is 0 Å². The van der Waals surface area contributed by atoms with Gasteiger partial charge in [0.1, 0.15) is 11.5 Å². The first kappa shape index (κ1) is 11.0. The Morgan fingerprint density at radius 3 is 2.75 bits per heavy atom. The van der Waals surface area contributed by atoms with Crippen molar-refractivity contribution in [2.45, 2.75) is 27.3 Å². The molecule has 2 rings (SSSR count). The standard InChI is InChI=1S/C12H16N2O2/c1-4-13-7-10-6-12(16-14-10)11-5-8(2)15-9(11)3/h5-6,13H,4,7H2,1-3H3. The lowest BCUT2D eigenvalue weighted by Gasteiger charge is -1.93. The van der Waals surface area contributed by atoms with Crippen LogP contribution in [0.15, 0.2) is 21.1 Å². The summed E-state index contributed by atoms with van der Waals surface area (Å²) in [6, 6.07) is 3.91. The van der Waals surface area contributed by atoms with Gasteiger partial charge in [-0.15, -0.1) is 0 Å². The zero-order valence-electron chi connectivity index (χ0n) is 9.83. The van der Waals surface area contributed by atoms with Crippen molar-refractivity contribution in [1.82, 2.24) is 10.5 Å². The van der Waals surface area contributed by atoms with Gasteiger partial charge in [-0.1, -0.05) is 12.1 Å². The molecule has 0 aliphatic carbocycles. The van der Waals surface area contributed by atoms with E-state index in [0.29, 0.717) is 0 Å². The van der Waals surface area contributed by atoms with E-state index in [1.165, 1.54) is 0 Å². The number of nitrogens with one attached hydrogen (secondary N) is 1. The Balaban J connectivity index is 2.21. The topological polar surface area (TPSA) is 51.2 Å². The van der Waals surface area contributed by atoms with Crippen molar-refractivity contribution in [1.29, 1.82) is 0 Å². The van der Waals surface area contributed by atoms with Crippen molar-refractivity contribution in [2.75, 3.05) is 6.54 Å². The van der Waals surface area contributed by atoms with Gasteiger partial charge in [0.05, 0.1) is 11.3 Å². The van der Waals surface area contributed by atoms with Gasteiger partial charge in [0.15, 0.2) is 5.76 Å². The predicted octanol–water partition coefficient (Wildman–Crippen LogP) is 2.66. The summed E-state index contributed by atoms with van der Waals surface area (Å²) in [5.74, 6) is 2.52. The molecule has 0 bridgehead atoms. The van der Waals surface area contributed by atoms with E-state index in [-0.39, 0.29) is 0 Å². The van der Waals surface area contributed by atoms with Gasteiger partial charge in [0.25, 0.3) is 0 Å². The summed E-state index contributed by atoms with van der Waals surface area (Å²) in [6.45, 7) is 7.56. The summed E-state index contributed by atoms with van der Waals surface area (Å²) >= 11 is 0. The van der Waals surface area contributed by atoms with Crippen LogP contribution in [-0.4, -0.2) is 11.7 Å². The molecule has 2 heterocycles. The van der Waals surface area contributed by atoms with Crippen LogP contribution in [0.3, 0.4) is 0 Å². The minimum Gasteiger partial charge on any atom is -0.466 e. The van der Waals surface area contributed by atoms with Crippen LogP contribution in [0.5, 0.6) is 0 Å². The first-order valence-corrected chi connectivity index (χ1v) is 5.44. The second kappa shape index (κ2) is 4.53. The van der Waals surface area contributed by atoms with E-state index >= 15 is 0 Å². The second-order valence-corrected chi connectivity index (χ2v) is 3.79. The number of aromatic nitrogens is 1. The van der Waals surface area contributed by atoms with Crippen molar-refractivity contribution in [3.8, 4) is 11.3 Å². The highest BCUT2D eigenvalue weighted by atomic mass is 16.5. The van der Waals surface area contributed by atoms with Crippen LogP contribution in [0, 0.1) is 13.8 Å². The molecule has 0 amide bonds. The highest BCUT2D eigenvalue weighted by Gasteiger charge is 2.12. The summed E-state index contributed by atoms with van der Waals surface area (Å²) in [6.07, 6.45) is 0. The molecule has 0 aliphatic rings. The van der Waals surface area contributed by atoms with Gasteiger partial charge in [-0.25, -0.2) is 0 Å². The van der Waals surface area contributed by atoms with E-state index in [1.807, 2.05) is 26.0 Å². The predicted molar refractivity (Wildman–Crippen MR) is 61.1 cm³/mol. The van der Waals surface area contributed by atoms with Crippen LogP contribution in [0.2, 0.25) is 0 Å². The molecule has 86 valence electrons. The third-order valence-electron chi connectivity index (χ3n) is 2.42. The second-order valence-electron chi connectivity index (χ2n) is 3.79. The monoisotopic (exact) mass is 220 g/mol. The van der Waals surface area contributed by atoms with E-state index in [4.69, 9.17) is 8.94 Å². The number of hydrogen-bond acceptors (Lipinski definition) is 4. The molecule has 1 N–H and O–H groups in total. The molecular weight excluding hydrogens is 204 g/mol. The lowest BCUT2D eigenvalue weighted by Crippen LogP contribution is -2.11. The Morgan fingerprint density at radius 1 is 1.31 bits per heavy atom. The fourth-order valence-corrected chi connectivity index (χ4v) is 1.65. The Bertz CT molecular complexity index is 471. The summed E-state index contributed by atoms with van der Waals surface area (Å²) in [7, 11) is 0. The normalized spacial score (nSPS) is 10.9. The van der Waals surface area contributed by atoms with Crippen molar-refractivity contribution >= 4 is 0 Å². The molecule has 4 heteroatoms. The maximum absolute atomic E-state index is 5.46. The molecule has 2 aromatic heterocycles. The molecule has 0 saturated carbocycles. The highest BCUT2D eigenvalue weighted by molar-refractivity contribution is 5.60. The Morgan fingerprint density at radius 2 is 2.12 bits per heavy atom. The summed E-state index contributed by atoms with van der Waals surface area (Å²) in [5.41, 5.74) is 1.89. The van der Waals surface area contributed by atoms with E-state index in [0.717, 1.165) is 41.6 Å². The number of furan rings is 1. The van der Waals surface area contributed by atoms with E-state index in [1.54, 1.807) is 0 Å². The molecule has 16 heavy (non-hydrogen) atoms. The van der Waals surface area contributed by atoms with Gasteiger partial charge in [-0.3, -0.25) is 0 Å². The molecule has 0 spiro atoms. The minimum absolute atomic E-state index is 0.732. The van der Waals surface area contributed by atoms with Crippen LogP contribution in [0.25, 0.3) is 11.3 Å². The van der Waals surface area contributed by atoms with Crippen LogP contribution in [0.1, 0.15) is 24.1 Å². The number of aryl methyl sites for hydroxylation is 2. The van der Waals surface area contributed by atoms with Crippen LogP contribution >= 0.6 is 0 Å². The molecule has 0 aromatic carbocycles. The zero-order chi connectivity index (χ0) is 11.5. The first-order valence-electron chi connectivity index (χ1n) is 5.44. The average Bonchev–Trinajstić information content (AvgIpc) is 2.82. The molecule has 0 saturated heterocycles. The lowest BCUT2D eigenvalue weighted by atomic mass is 10.2. The van der Waals surface area contributed by atoms with Crippen LogP contribution < -0.4 is 5.32 Å². The quantitative estimate of drug-likeness (QED) is 0.860. The van der Waals surface area contributed by atoms with Gasteiger partial charge in [-0.05, 0) is 26.5 Å². The molecule has 0 atom stereocenters. The molecule has 0 unspecified atom stereocenters. The van der Waals surface area contributed by atoms with Gasteiger partial charge in [0, 0.05) is 12.6 Å². The average molecular weight is 220 g/mol.